The van der Waals surface area contributed by atoms with Gasteiger partial charge in [-0.25, -0.2) is 13.1 Å². The Morgan fingerprint density at radius 3 is 2.46 bits per heavy atom. The normalized spacial score (nSPS) is 17.2. The van der Waals surface area contributed by atoms with Crippen LogP contribution in [0.2, 0.25) is 5.02 Å². The highest BCUT2D eigenvalue weighted by Gasteiger charge is 2.26. The van der Waals surface area contributed by atoms with E-state index in [1.165, 1.54) is 32.1 Å². The lowest BCUT2D eigenvalue weighted by Gasteiger charge is -2.31. The third-order valence-corrected chi connectivity index (χ3v) is 7.02. The minimum atomic E-state index is -3.68. The van der Waals surface area contributed by atoms with Crippen LogP contribution in [0.4, 0.5) is 0 Å². The van der Waals surface area contributed by atoms with Gasteiger partial charge in [0.25, 0.3) is 0 Å². The summed E-state index contributed by atoms with van der Waals surface area (Å²) in [5.74, 6) is 0.451. The molecule has 0 amide bonds. The Morgan fingerprint density at radius 2 is 1.89 bits per heavy atom. The molecule has 8 heteroatoms. The molecule has 1 aliphatic rings. The van der Waals surface area contributed by atoms with Gasteiger partial charge in [0.2, 0.25) is 10.0 Å². The number of aromatic nitrogens is 1. The molecular weight excluding hydrogens is 398 g/mol. The van der Waals surface area contributed by atoms with Crippen molar-refractivity contribution in [1.29, 1.82) is 0 Å². The second-order valence-electron chi connectivity index (χ2n) is 7.16. The van der Waals surface area contributed by atoms with Gasteiger partial charge in [-0.05, 0) is 56.3 Å². The highest BCUT2D eigenvalue weighted by molar-refractivity contribution is 7.89. The molecule has 0 radical (unpaired) electrons. The van der Waals surface area contributed by atoms with Crippen LogP contribution in [0, 0.1) is 0 Å². The molecule has 0 spiro atoms. The molecule has 0 aliphatic carbocycles. The SMILES string of the molecule is COc1ccc(S(=O)(=O)NCC(c2cccn2C)N2CCCCCC2)cc1Cl. The number of nitrogens with zero attached hydrogens (tertiary/aromatic N) is 2. The maximum Gasteiger partial charge on any atom is 0.240 e. The van der Waals surface area contributed by atoms with Gasteiger partial charge in [-0.1, -0.05) is 24.4 Å². The Balaban J connectivity index is 1.80. The van der Waals surface area contributed by atoms with Gasteiger partial charge in [-0.3, -0.25) is 4.90 Å². The smallest absolute Gasteiger partial charge is 0.240 e. The van der Waals surface area contributed by atoms with E-state index in [4.69, 9.17) is 16.3 Å². The van der Waals surface area contributed by atoms with Gasteiger partial charge in [0.05, 0.1) is 23.1 Å². The van der Waals surface area contributed by atoms with Crippen LogP contribution in [0.5, 0.6) is 5.75 Å². The molecule has 2 heterocycles. The average molecular weight is 426 g/mol. The number of rotatable bonds is 7. The fourth-order valence-corrected chi connectivity index (χ4v) is 5.12. The summed E-state index contributed by atoms with van der Waals surface area (Å²) in [6.45, 7) is 2.27. The summed E-state index contributed by atoms with van der Waals surface area (Å²) >= 11 is 6.11. The van der Waals surface area contributed by atoms with Crippen LogP contribution < -0.4 is 9.46 Å². The Bertz CT molecular complexity index is 890. The quantitative estimate of drug-likeness (QED) is 0.736. The summed E-state index contributed by atoms with van der Waals surface area (Å²) in [7, 11) is -0.183. The van der Waals surface area contributed by atoms with Crippen LogP contribution in [-0.2, 0) is 17.1 Å². The lowest BCUT2D eigenvalue weighted by molar-refractivity contribution is 0.199. The maximum absolute atomic E-state index is 12.9. The zero-order valence-corrected chi connectivity index (χ0v) is 18.0. The lowest BCUT2D eigenvalue weighted by Crippen LogP contribution is -2.39. The molecule has 1 aromatic carbocycles. The average Bonchev–Trinajstić information content (AvgIpc) is 2.92. The predicted molar refractivity (Wildman–Crippen MR) is 111 cm³/mol. The third-order valence-electron chi connectivity index (χ3n) is 5.31. The number of ether oxygens (including phenoxy) is 1. The van der Waals surface area contributed by atoms with E-state index in [9.17, 15) is 8.42 Å². The highest BCUT2D eigenvalue weighted by atomic mass is 35.5. The molecular formula is C20H28ClN3O3S. The van der Waals surface area contributed by atoms with Crippen molar-refractivity contribution in [2.24, 2.45) is 7.05 Å². The summed E-state index contributed by atoms with van der Waals surface area (Å²) in [5.41, 5.74) is 1.11. The zero-order valence-electron chi connectivity index (χ0n) is 16.4. The number of halogens is 1. The summed E-state index contributed by atoms with van der Waals surface area (Å²) in [5, 5.41) is 0.275. The number of benzene rings is 1. The molecule has 0 bridgehead atoms. The standard InChI is InChI=1S/C20H28ClN3O3S/c1-23-11-7-8-18(23)19(24-12-5-3-4-6-13-24)15-22-28(25,26)16-9-10-20(27-2)17(21)14-16/h7-11,14,19,22H,3-6,12-13,15H2,1-2H3. The largest absolute Gasteiger partial charge is 0.495 e. The number of aryl methyl sites for hydroxylation is 1. The monoisotopic (exact) mass is 425 g/mol. The van der Waals surface area contributed by atoms with Crippen molar-refractivity contribution >= 4 is 21.6 Å². The minimum Gasteiger partial charge on any atom is -0.495 e. The van der Waals surface area contributed by atoms with E-state index in [0.29, 0.717) is 12.3 Å². The molecule has 0 saturated carbocycles. The highest BCUT2D eigenvalue weighted by Crippen LogP contribution is 2.28. The number of sulfonamides is 1. The molecule has 1 unspecified atom stereocenters. The van der Waals surface area contributed by atoms with E-state index in [1.54, 1.807) is 6.07 Å². The van der Waals surface area contributed by atoms with Crippen molar-refractivity contribution in [3.63, 3.8) is 0 Å². The number of nitrogens with one attached hydrogen (secondary N) is 1. The molecule has 6 nitrogen and oxygen atoms in total. The molecule has 28 heavy (non-hydrogen) atoms. The third kappa shape index (κ3) is 4.89. The van der Waals surface area contributed by atoms with Crippen LogP contribution in [0.3, 0.4) is 0 Å². The Hall–Kier alpha value is -1.54. The molecule has 2 aromatic rings. The first-order chi connectivity index (χ1) is 13.4. The molecule has 1 aromatic heterocycles. The van der Waals surface area contributed by atoms with E-state index in [0.717, 1.165) is 31.6 Å². The summed E-state index contributed by atoms with van der Waals surface area (Å²) in [4.78, 5) is 2.53. The molecule has 3 rings (SSSR count). The fraction of sp³-hybridized carbons (Fsp3) is 0.500. The molecule has 1 atom stereocenters. The number of hydrogen-bond donors (Lipinski definition) is 1. The Morgan fingerprint density at radius 1 is 1.18 bits per heavy atom. The molecule has 1 aliphatic heterocycles. The fourth-order valence-electron chi connectivity index (χ4n) is 3.73. The van der Waals surface area contributed by atoms with Crippen molar-refractivity contribution in [3.8, 4) is 5.75 Å². The van der Waals surface area contributed by atoms with E-state index in [1.807, 2.05) is 19.3 Å². The summed E-state index contributed by atoms with van der Waals surface area (Å²) in [6.07, 6.45) is 6.74. The van der Waals surface area contributed by atoms with Gasteiger partial charge in [0.1, 0.15) is 5.75 Å². The van der Waals surface area contributed by atoms with Crippen molar-refractivity contribution in [1.82, 2.24) is 14.2 Å². The van der Waals surface area contributed by atoms with Gasteiger partial charge in [0, 0.05) is 25.5 Å². The van der Waals surface area contributed by atoms with E-state index < -0.39 is 10.0 Å². The molecule has 1 N–H and O–H groups in total. The number of methoxy groups -OCH3 is 1. The Kier molecular flexibility index (Phi) is 7.04. The van der Waals surface area contributed by atoms with Crippen molar-refractivity contribution in [2.45, 2.75) is 36.6 Å². The molecule has 154 valence electrons. The zero-order chi connectivity index (χ0) is 20.1. The van der Waals surface area contributed by atoms with Crippen LogP contribution in [0.15, 0.2) is 41.4 Å². The van der Waals surface area contributed by atoms with Crippen molar-refractivity contribution < 1.29 is 13.2 Å². The first-order valence-corrected chi connectivity index (χ1v) is 11.5. The van der Waals surface area contributed by atoms with Gasteiger partial charge in [-0.2, -0.15) is 0 Å². The lowest BCUT2D eigenvalue weighted by atomic mass is 10.1. The van der Waals surface area contributed by atoms with Gasteiger partial charge in [0.15, 0.2) is 0 Å². The van der Waals surface area contributed by atoms with E-state index in [-0.39, 0.29) is 16.0 Å². The minimum absolute atomic E-state index is 0.0124. The first kappa shape index (κ1) is 21.2. The van der Waals surface area contributed by atoms with Crippen LogP contribution >= 0.6 is 11.6 Å². The van der Waals surface area contributed by atoms with Crippen molar-refractivity contribution in [2.75, 3.05) is 26.7 Å². The van der Waals surface area contributed by atoms with Gasteiger partial charge < -0.3 is 9.30 Å². The van der Waals surface area contributed by atoms with Gasteiger partial charge in [-0.15, -0.1) is 0 Å². The van der Waals surface area contributed by atoms with Crippen LogP contribution in [0.1, 0.15) is 37.4 Å². The maximum atomic E-state index is 12.9. The van der Waals surface area contributed by atoms with Gasteiger partial charge >= 0.3 is 0 Å². The van der Waals surface area contributed by atoms with E-state index in [2.05, 4.69) is 20.3 Å². The molecule has 1 saturated heterocycles. The summed E-state index contributed by atoms with van der Waals surface area (Å²) in [6, 6.07) is 8.55. The second-order valence-corrected chi connectivity index (χ2v) is 9.33. The van der Waals surface area contributed by atoms with Crippen LogP contribution in [-0.4, -0.2) is 44.6 Å². The first-order valence-electron chi connectivity index (χ1n) is 9.61. The van der Waals surface area contributed by atoms with E-state index >= 15 is 0 Å². The second kappa shape index (κ2) is 9.31. The van der Waals surface area contributed by atoms with Crippen LogP contribution in [0.25, 0.3) is 0 Å². The van der Waals surface area contributed by atoms with Crippen molar-refractivity contribution in [3.05, 3.63) is 47.2 Å². The topological polar surface area (TPSA) is 63.6 Å². The predicted octanol–water partition coefficient (Wildman–Crippen LogP) is 3.58. The number of likely N-dealkylation sites (tertiary alicyclic amines) is 1. The Labute approximate surface area is 172 Å². The number of hydrogen-bond acceptors (Lipinski definition) is 4. The summed E-state index contributed by atoms with van der Waals surface area (Å²) < 4.78 is 35.7. The molecule has 1 fully saturated rings.